The van der Waals surface area contributed by atoms with Gasteiger partial charge in [-0.25, -0.2) is 13.1 Å². The second kappa shape index (κ2) is 5.50. The van der Waals surface area contributed by atoms with Crippen LogP contribution in [0.5, 0.6) is 0 Å². The summed E-state index contributed by atoms with van der Waals surface area (Å²) in [6.07, 6.45) is 0.807. The van der Waals surface area contributed by atoms with Gasteiger partial charge in [0.25, 0.3) is 10.0 Å². The molecule has 1 saturated heterocycles. The van der Waals surface area contributed by atoms with E-state index in [1.54, 1.807) is 6.07 Å². The molecule has 2 rings (SSSR count). The Balaban J connectivity index is 0.00000128. The van der Waals surface area contributed by atoms with Gasteiger partial charge >= 0.3 is 0 Å². The lowest BCUT2D eigenvalue weighted by atomic mass is 10.3. The molecule has 1 aliphatic rings. The zero-order valence-corrected chi connectivity index (χ0v) is 11.5. The quantitative estimate of drug-likeness (QED) is 0.870. The third-order valence-corrected chi connectivity index (χ3v) is 4.01. The van der Waals surface area contributed by atoms with Crippen molar-refractivity contribution in [2.75, 3.05) is 13.1 Å². The Morgan fingerprint density at radius 2 is 2.25 bits per heavy atom. The number of sulfonamides is 1. The number of furan rings is 1. The summed E-state index contributed by atoms with van der Waals surface area (Å²) in [4.78, 5) is 0. The van der Waals surface area contributed by atoms with Crippen molar-refractivity contribution in [3.8, 4) is 0 Å². The fraction of sp³-hybridized carbons (Fsp3) is 0.500. The van der Waals surface area contributed by atoms with Gasteiger partial charge in [0.05, 0.1) is 0 Å². The van der Waals surface area contributed by atoms with Gasteiger partial charge in [0.1, 0.15) is 0 Å². The molecule has 1 fully saturated rings. The molecule has 0 aromatic carbocycles. The van der Waals surface area contributed by atoms with Gasteiger partial charge in [-0.1, -0.05) is 0 Å². The molecule has 1 aromatic heterocycles. The zero-order chi connectivity index (χ0) is 10.9. The minimum absolute atomic E-state index is 0. The molecule has 8 heteroatoms. The van der Waals surface area contributed by atoms with Crippen LogP contribution in [-0.2, 0) is 10.0 Å². The van der Waals surface area contributed by atoms with E-state index in [1.807, 2.05) is 0 Å². The molecule has 92 valence electrons. The second-order valence-electron chi connectivity index (χ2n) is 3.37. The van der Waals surface area contributed by atoms with Crippen LogP contribution in [0.2, 0.25) is 0 Å². The Morgan fingerprint density at radius 3 is 2.75 bits per heavy atom. The molecule has 5 nitrogen and oxygen atoms in total. The average Bonchev–Trinajstić information content (AvgIpc) is 2.75. The van der Waals surface area contributed by atoms with E-state index >= 15 is 0 Å². The average molecular weight is 332 g/mol. The first-order valence-corrected chi connectivity index (χ1v) is 6.84. The van der Waals surface area contributed by atoms with Crippen LogP contribution in [0.4, 0.5) is 0 Å². The first-order valence-electron chi connectivity index (χ1n) is 4.56. The summed E-state index contributed by atoms with van der Waals surface area (Å²) in [5.41, 5.74) is 0. The van der Waals surface area contributed by atoms with Crippen molar-refractivity contribution in [3.05, 3.63) is 16.8 Å². The van der Waals surface area contributed by atoms with Crippen LogP contribution in [0.1, 0.15) is 6.42 Å². The first kappa shape index (κ1) is 14.0. The Morgan fingerprint density at radius 1 is 1.50 bits per heavy atom. The highest BCUT2D eigenvalue weighted by Gasteiger charge is 2.24. The van der Waals surface area contributed by atoms with Crippen molar-refractivity contribution in [1.29, 1.82) is 0 Å². The first-order chi connectivity index (χ1) is 7.08. The van der Waals surface area contributed by atoms with Crippen molar-refractivity contribution in [3.63, 3.8) is 0 Å². The number of hydrogen-bond donors (Lipinski definition) is 2. The normalized spacial score (nSPS) is 20.7. The van der Waals surface area contributed by atoms with Crippen LogP contribution >= 0.6 is 28.3 Å². The lowest BCUT2D eigenvalue weighted by Gasteiger charge is -2.09. The lowest BCUT2D eigenvalue weighted by Crippen LogP contribution is -2.35. The summed E-state index contributed by atoms with van der Waals surface area (Å²) in [5.74, 6) is 0. The van der Waals surface area contributed by atoms with Gasteiger partial charge in [-0.05, 0) is 41.0 Å². The smallest absolute Gasteiger partial charge is 0.274 e. The number of halogens is 2. The summed E-state index contributed by atoms with van der Waals surface area (Å²) in [6.45, 7) is 1.51. The minimum Gasteiger partial charge on any atom is -0.437 e. The molecule has 16 heavy (non-hydrogen) atoms. The van der Waals surface area contributed by atoms with Gasteiger partial charge in [-0.3, -0.25) is 0 Å². The highest BCUT2D eigenvalue weighted by Crippen LogP contribution is 2.18. The maximum atomic E-state index is 11.7. The molecule has 1 aliphatic heterocycles. The predicted molar refractivity (Wildman–Crippen MR) is 65.3 cm³/mol. The summed E-state index contributed by atoms with van der Waals surface area (Å²) in [5, 5.41) is 3.03. The summed E-state index contributed by atoms with van der Waals surface area (Å²) in [6, 6.07) is 2.94. The molecule has 0 aliphatic carbocycles. The van der Waals surface area contributed by atoms with Crippen molar-refractivity contribution in [2.45, 2.75) is 17.6 Å². The molecule has 0 radical (unpaired) electrons. The molecule has 0 spiro atoms. The SMILES string of the molecule is Cl.O=S(=O)(NC1CCNC1)c1ccc(Br)o1. The second-order valence-corrected chi connectivity index (χ2v) is 5.80. The number of hydrogen-bond acceptors (Lipinski definition) is 4. The van der Waals surface area contributed by atoms with E-state index in [9.17, 15) is 8.42 Å². The lowest BCUT2D eigenvalue weighted by molar-refractivity contribution is 0.425. The van der Waals surface area contributed by atoms with E-state index in [0.29, 0.717) is 11.2 Å². The van der Waals surface area contributed by atoms with E-state index in [2.05, 4.69) is 26.0 Å². The van der Waals surface area contributed by atoms with Crippen molar-refractivity contribution >= 4 is 38.4 Å². The van der Waals surface area contributed by atoms with E-state index in [4.69, 9.17) is 4.42 Å². The number of rotatable bonds is 3. The van der Waals surface area contributed by atoms with Gasteiger partial charge in [-0.2, -0.15) is 0 Å². The third kappa shape index (κ3) is 3.21. The van der Waals surface area contributed by atoms with E-state index in [-0.39, 0.29) is 23.5 Å². The fourth-order valence-electron chi connectivity index (χ4n) is 1.47. The maximum absolute atomic E-state index is 11.7. The van der Waals surface area contributed by atoms with Gasteiger partial charge in [-0.15, -0.1) is 12.4 Å². The fourth-order valence-corrected chi connectivity index (χ4v) is 3.09. The largest absolute Gasteiger partial charge is 0.437 e. The molecule has 1 aromatic rings. The van der Waals surface area contributed by atoms with Gasteiger partial charge in [0.15, 0.2) is 4.67 Å². The van der Waals surface area contributed by atoms with Crippen molar-refractivity contribution < 1.29 is 12.8 Å². The molecule has 0 saturated carbocycles. The minimum atomic E-state index is -3.51. The van der Waals surface area contributed by atoms with Crippen molar-refractivity contribution in [1.82, 2.24) is 10.0 Å². The maximum Gasteiger partial charge on any atom is 0.274 e. The topological polar surface area (TPSA) is 71.3 Å². The Hall–Kier alpha value is -0.0800. The highest BCUT2D eigenvalue weighted by atomic mass is 79.9. The van der Waals surface area contributed by atoms with Gasteiger partial charge < -0.3 is 9.73 Å². The number of nitrogens with one attached hydrogen (secondary N) is 2. The van der Waals surface area contributed by atoms with Crippen LogP contribution in [0.15, 0.2) is 26.3 Å². The molecule has 0 bridgehead atoms. The van der Waals surface area contributed by atoms with Gasteiger partial charge in [0, 0.05) is 12.6 Å². The van der Waals surface area contributed by atoms with Crippen molar-refractivity contribution in [2.24, 2.45) is 0 Å². The van der Waals surface area contributed by atoms with Gasteiger partial charge in [0.2, 0.25) is 5.09 Å². The summed E-state index contributed by atoms with van der Waals surface area (Å²) < 4.78 is 31.5. The Kier molecular flexibility index (Phi) is 4.81. The molecule has 1 unspecified atom stereocenters. The van der Waals surface area contributed by atoms with Crippen LogP contribution in [0, 0.1) is 0 Å². The molecular formula is C8H12BrClN2O3S. The zero-order valence-electron chi connectivity index (χ0n) is 8.27. The van der Waals surface area contributed by atoms with E-state index < -0.39 is 10.0 Å². The monoisotopic (exact) mass is 330 g/mol. The van der Waals surface area contributed by atoms with Crippen LogP contribution in [0.25, 0.3) is 0 Å². The Bertz CT molecular complexity index is 442. The standard InChI is InChI=1S/C8H11BrN2O3S.ClH/c9-7-1-2-8(14-7)15(12,13)11-6-3-4-10-5-6;/h1-2,6,10-11H,3-5H2;1H. The molecular weight excluding hydrogens is 320 g/mol. The molecule has 1 atom stereocenters. The van der Waals surface area contributed by atoms with E-state index in [0.717, 1.165) is 13.0 Å². The van der Waals surface area contributed by atoms with Crippen LogP contribution in [0.3, 0.4) is 0 Å². The molecule has 0 amide bonds. The summed E-state index contributed by atoms with van der Waals surface area (Å²) in [7, 11) is -3.51. The molecule has 2 N–H and O–H groups in total. The highest BCUT2D eigenvalue weighted by molar-refractivity contribution is 9.10. The van der Waals surface area contributed by atoms with E-state index in [1.165, 1.54) is 6.07 Å². The van der Waals surface area contributed by atoms with Crippen LogP contribution < -0.4 is 10.0 Å². The van der Waals surface area contributed by atoms with Crippen LogP contribution in [-0.4, -0.2) is 27.5 Å². The Labute approximate surface area is 109 Å². The predicted octanol–water partition coefficient (Wildman–Crippen LogP) is 1.10. The third-order valence-electron chi connectivity index (χ3n) is 2.20. The summed E-state index contributed by atoms with van der Waals surface area (Å²) >= 11 is 3.07. The molecule has 2 heterocycles.